The Hall–Kier alpha value is -2.37. The smallest absolute Gasteiger partial charge is 0.271 e. The van der Waals surface area contributed by atoms with E-state index in [1.54, 1.807) is 12.3 Å². The van der Waals surface area contributed by atoms with Crippen LogP contribution in [0.5, 0.6) is 0 Å². The van der Waals surface area contributed by atoms with E-state index in [9.17, 15) is 10.1 Å². The summed E-state index contributed by atoms with van der Waals surface area (Å²) in [6, 6.07) is 6.48. The van der Waals surface area contributed by atoms with E-state index in [0.717, 1.165) is 24.2 Å². The number of rotatable bonds is 6. The lowest BCUT2D eigenvalue weighted by molar-refractivity contribution is -0.384. The maximum Gasteiger partial charge on any atom is 0.271 e. The Kier molecular flexibility index (Phi) is 4.12. The van der Waals surface area contributed by atoms with Gasteiger partial charge in [-0.05, 0) is 12.5 Å². The van der Waals surface area contributed by atoms with Gasteiger partial charge in [-0.15, -0.1) is 0 Å². The lowest BCUT2D eigenvalue weighted by Gasteiger charge is -2.04. The summed E-state index contributed by atoms with van der Waals surface area (Å²) in [6.07, 6.45) is 4.83. The molecule has 2 aromatic rings. The molecule has 0 saturated heterocycles. The molecule has 2 rings (SSSR count). The Labute approximate surface area is 111 Å². The first kappa shape index (κ1) is 13.1. The molecule has 0 fully saturated rings. The third-order valence-electron chi connectivity index (χ3n) is 2.69. The van der Waals surface area contributed by atoms with Gasteiger partial charge >= 0.3 is 0 Å². The van der Waals surface area contributed by atoms with Crippen LogP contribution < -0.4 is 5.32 Å². The predicted molar refractivity (Wildman–Crippen MR) is 72.9 cm³/mol. The van der Waals surface area contributed by atoms with Crippen LogP contribution in [0.25, 0.3) is 0 Å². The molecule has 0 unspecified atom stereocenters. The molecule has 1 aromatic heterocycles. The predicted octanol–water partition coefficient (Wildman–Crippen LogP) is 2.81. The Balaban J connectivity index is 1.97. The summed E-state index contributed by atoms with van der Waals surface area (Å²) in [5, 5.41) is 18.1. The molecule has 0 aliphatic heterocycles. The van der Waals surface area contributed by atoms with Crippen LogP contribution in [0.1, 0.15) is 18.9 Å². The van der Waals surface area contributed by atoms with Crippen LogP contribution in [0.4, 0.5) is 11.4 Å². The number of hydrogen-bond donors (Lipinski definition) is 1. The average Bonchev–Trinajstić information content (AvgIpc) is 2.85. The van der Waals surface area contributed by atoms with Gasteiger partial charge in [0.05, 0.1) is 11.1 Å². The fourth-order valence-corrected chi connectivity index (χ4v) is 1.78. The average molecular weight is 260 g/mol. The van der Waals surface area contributed by atoms with E-state index in [4.69, 9.17) is 0 Å². The molecule has 0 amide bonds. The minimum atomic E-state index is -0.398. The van der Waals surface area contributed by atoms with Gasteiger partial charge in [-0.25, -0.2) is 0 Å². The maximum atomic E-state index is 10.7. The third-order valence-corrected chi connectivity index (χ3v) is 2.69. The van der Waals surface area contributed by atoms with Gasteiger partial charge in [0.15, 0.2) is 0 Å². The van der Waals surface area contributed by atoms with Gasteiger partial charge in [-0.3, -0.25) is 14.8 Å². The topological polar surface area (TPSA) is 73.0 Å². The van der Waals surface area contributed by atoms with Crippen molar-refractivity contribution >= 4 is 11.4 Å². The quantitative estimate of drug-likeness (QED) is 0.640. The van der Waals surface area contributed by atoms with Crippen LogP contribution in [-0.2, 0) is 13.1 Å². The van der Waals surface area contributed by atoms with Crippen molar-refractivity contribution in [3.05, 3.63) is 52.3 Å². The number of nitrogens with zero attached hydrogens (tertiary/aromatic N) is 3. The number of nitrogens with one attached hydrogen (secondary N) is 1. The molecular formula is C13H16N4O2. The molecule has 1 aromatic carbocycles. The van der Waals surface area contributed by atoms with Crippen molar-refractivity contribution in [1.82, 2.24) is 9.78 Å². The summed E-state index contributed by atoms with van der Waals surface area (Å²) >= 11 is 0. The highest BCUT2D eigenvalue weighted by atomic mass is 16.6. The van der Waals surface area contributed by atoms with Gasteiger partial charge in [-0.2, -0.15) is 5.10 Å². The Morgan fingerprint density at radius 3 is 3.05 bits per heavy atom. The van der Waals surface area contributed by atoms with E-state index in [2.05, 4.69) is 17.3 Å². The van der Waals surface area contributed by atoms with Crippen molar-refractivity contribution < 1.29 is 4.92 Å². The van der Waals surface area contributed by atoms with E-state index in [1.165, 1.54) is 12.1 Å². The molecule has 19 heavy (non-hydrogen) atoms. The van der Waals surface area contributed by atoms with Crippen molar-refractivity contribution in [3.63, 3.8) is 0 Å². The highest BCUT2D eigenvalue weighted by molar-refractivity contribution is 5.51. The van der Waals surface area contributed by atoms with E-state index < -0.39 is 4.92 Å². The summed E-state index contributed by atoms with van der Waals surface area (Å²) in [6.45, 7) is 3.60. The summed E-state index contributed by atoms with van der Waals surface area (Å²) < 4.78 is 1.89. The zero-order chi connectivity index (χ0) is 13.7. The minimum absolute atomic E-state index is 0.0895. The van der Waals surface area contributed by atoms with Crippen molar-refractivity contribution in [1.29, 1.82) is 0 Å². The maximum absolute atomic E-state index is 10.7. The fourth-order valence-electron chi connectivity index (χ4n) is 1.78. The number of aromatic nitrogens is 2. The normalized spacial score (nSPS) is 10.4. The van der Waals surface area contributed by atoms with E-state index in [-0.39, 0.29) is 5.69 Å². The monoisotopic (exact) mass is 260 g/mol. The lowest BCUT2D eigenvalue weighted by Crippen LogP contribution is -1.99. The molecule has 0 atom stereocenters. The second-order valence-electron chi connectivity index (χ2n) is 4.27. The Bertz CT molecular complexity index is 565. The van der Waals surface area contributed by atoms with E-state index in [0.29, 0.717) is 6.54 Å². The third kappa shape index (κ3) is 3.54. The van der Waals surface area contributed by atoms with Crippen LogP contribution in [0.2, 0.25) is 0 Å². The van der Waals surface area contributed by atoms with Gasteiger partial charge in [0.25, 0.3) is 5.69 Å². The van der Waals surface area contributed by atoms with Gasteiger partial charge < -0.3 is 5.32 Å². The van der Waals surface area contributed by atoms with Gasteiger partial charge in [0.1, 0.15) is 0 Å². The van der Waals surface area contributed by atoms with Crippen LogP contribution in [0.3, 0.4) is 0 Å². The number of aryl methyl sites for hydroxylation is 1. The molecule has 0 bridgehead atoms. The molecule has 0 aliphatic carbocycles. The lowest BCUT2D eigenvalue weighted by atomic mass is 10.2. The highest BCUT2D eigenvalue weighted by Gasteiger charge is 2.05. The molecule has 100 valence electrons. The first-order valence-electron chi connectivity index (χ1n) is 6.18. The molecule has 1 heterocycles. The van der Waals surface area contributed by atoms with Gasteiger partial charge in [-0.1, -0.05) is 13.0 Å². The molecule has 0 radical (unpaired) electrons. The van der Waals surface area contributed by atoms with Gasteiger partial charge in [0.2, 0.25) is 0 Å². The Morgan fingerprint density at radius 1 is 1.47 bits per heavy atom. The van der Waals surface area contributed by atoms with E-state index >= 15 is 0 Å². The van der Waals surface area contributed by atoms with Crippen LogP contribution in [0.15, 0.2) is 36.7 Å². The highest BCUT2D eigenvalue weighted by Crippen LogP contribution is 2.17. The van der Waals surface area contributed by atoms with Crippen molar-refractivity contribution in [2.24, 2.45) is 0 Å². The standard InChI is InChI=1S/C13H16N4O2/c1-2-6-16-10-11(9-15-16)8-14-12-4-3-5-13(7-12)17(18)19/h3-5,7,9-10,14H,2,6,8H2,1H3. The minimum Gasteiger partial charge on any atom is -0.381 e. The SMILES string of the molecule is CCCn1cc(CNc2cccc([N+](=O)[O-])c2)cn1. The van der Waals surface area contributed by atoms with Crippen molar-refractivity contribution in [2.75, 3.05) is 5.32 Å². The van der Waals surface area contributed by atoms with Gasteiger partial charge in [0, 0.05) is 42.7 Å². The van der Waals surface area contributed by atoms with Crippen LogP contribution >= 0.6 is 0 Å². The zero-order valence-electron chi connectivity index (χ0n) is 10.7. The molecule has 0 spiro atoms. The zero-order valence-corrected chi connectivity index (χ0v) is 10.7. The molecule has 0 saturated carbocycles. The first-order chi connectivity index (χ1) is 9.19. The second-order valence-corrected chi connectivity index (χ2v) is 4.27. The summed E-state index contributed by atoms with van der Waals surface area (Å²) in [5.41, 5.74) is 1.88. The Morgan fingerprint density at radius 2 is 2.32 bits per heavy atom. The van der Waals surface area contributed by atoms with Crippen molar-refractivity contribution in [3.8, 4) is 0 Å². The summed E-state index contributed by atoms with van der Waals surface area (Å²) in [7, 11) is 0. The number of non-ortho nitro benzene ring substituents is 1. The number of benzene rings is 1. The van der Waals surface area contributed by atoms with E-state index in [1.807, 2.05) is 16.9 Å². The molecule has 1 N–H and O–H groups in total. The largest absolute Gasteiger partial charge is 0.381 e. The summed E-state index contributed by atoms with van der Waals surface area (Å²) in [5.74, 6) is 0. The van der Waals surface area contributed by atoms with Crippen molar-refractivity contribution in [2.45, 2.75) is 26.4 Å². The molecule has 0 aliphatic rings. The number of nitro benzene ring substituents is 1. The molecular weight excluding hydrogens is 244 g/mol. The summed E-state index contributed by atoms with van der Waals surface area (Å²) in [4.78, 5) is 10.3. The first-order valence-corrected chi connectivity index (χ1v) is 6.18. The van der Waals surface area contributed by atoms with Crippen LogP contribution in [0, 0.1) is 10.1 Å². The fraction of sp³-hybridized carbons (Fsp3) is 0.308. The van der Waals surface area contributed by atoms with Crippen LogP contribution in [-0.4, -0.2) is 14.7 Å². The second kappa shape index (κ2) is 5.99. The number of nitro groups is 1. The number of hydrogen-bond acceptors (Lipinski definition) is 4. The molecule has 6 nitrogen and oxygen atoms in total. The molecule has 6 heteroatoms. The number of anilines is 1.